The van der Waals surface area contributed by atoms with Crippen LogP contribution in [0.15, 0.2) is 42.6 Å². The summed E-state index contributed by atoms with van der Waals surface area (Å²) in [6.45, 7) is 0.141. The molecule has 21 heavy (non-hydrogen) atoms. The lowest BCUT2D eigenvalue weighted by molar-refractivity contribution is 0.0698. The lowest BCUT2D eigenvalue weighted by Crippen LogP contribution is -2.00. The van der Waals surface area contributed by atoms with E-state index in [1.54, 1.807) is 36.5 Å². The molecule has 0 saturated carbocycles. The van der Waals surface area contributed by atoms with E-state index in [9.17, 15) is 4.79 Å². The number of carboxylic acid groups (broad SMARTS) is 1. The summed E-state index contributed by atoms with van der Waals surface area (Å²) in [5.74, 6) is -0.00599. The van der Waals surface area contributed by atoms with Crippen molar-refractivity contribution in [1.82, 2.24) is 14.6 Å². The van der Waals surface area contributed by atoms with Crippen LogP contribution in [0, 0.1) is 0 Å². The number of aromatic carboxylic acids is 1. The summed E-state index contributed by atoms with van der Waals surface area (Å²) in [5, 5.41) is 13.9. The predicted octanol–water partition coefficient (Wildman–Crippen LogP) is 2.66. The van der Waals surface area contributed by atoms with Crippen LogP contribution >= 0.6 is 11.6 Å². The van der Waals surface area contributed by atoms with Gasteiger partial charge in [0.25, 0.3) is 0 Å². The molecule has 0 spiro atoms. The summed E-state index contributed by atoms with van der Waals surface area (Å²) in [4.78, 5) is 15.3. The molecule has 0 aliphatic carbocycles. The first kappa shape index (κ1) is 13.4. The van der Waals surface area contributed by atoms with Crippen LogP contribution in [0.2, 0.25) is 5.02 Å². The first-order valence-corrected chi connectivity index (χ1v) is 6.47. The molecule has 2 heterocycles. The number of fused-ring (bicyclic) bond motifs is 1. The van der Waals surface area contributed by atoms with Crippen LogP contribution in [0.25, 0.3) is 5.65 Å². The molecule has 0 aliphatic heterocycles. The largest absolute Gasteiger partial charge is 0.486 e. The van der Waals surface area contributed by atoms with E-state index in [1.165, 1.54) is 10.6 Å². The molecular formula is C14H10ClN3O3. The minimum Gasteiger partial charge on any atom is -0.486 e. The maximum Gasteiger partial charge on any atom is 0.339 e. The molecule has 1 aromatic carbocycles. The van der Waals surface area contributed by atoms with E-state index < -0.39 is 5.97 Å². The van der Waals surface area contributed by atoms with Crippen molar-refractivity contribution in [2.45, 2.75) is 6.61 Å². The number of pyridine rings is 1. The van der Waals surface area contributed by atoms with Crippen LogP contribution in [0.3, 0.4) is 0 Å². The highest BCUT2D eigenvalue weighted by molar-refractivity contribution is 6.30. The van der Waals surface area contributed by atoms with Gasteiger partial charge in [0, 0.05) is 11.2 Å². The van der Waals surface area contributed by atoms with Crippen molar-refractivity contribution in [1.29, 1.82) is 0 Å². The fraction of sp³-hybridized carbons (Fsp3) is 0.0714. The fourth-order valence-corrected chi connectivity index (χ4v) is 1.98. The Balaban J connectivity index is 1.83. The number of carbonyl (C=O) groups is 1. The third-order valence-electron chi connectivity index (χ3n) is 2.82. The van der Waals surface area contributed by atoms with E-state index in [0.29, 0.717) is 22.2 Å². The highest BCUT2D eigenvalue weighted by Crippen LogP contribution is 2.17. The Morgan fingerprint density at radius 1 is 1.29 bits per heavy atom. The Bertz CT molecular complexity index is 799. The van der Waals surface area contributed by atoms with Crippen LogP contribution in [0.4, 0.5) is 0 Å². The molecule has 0 atom stereocenters. The molecular weight excluding hydrogens is 294 g/mol. The second-order valence-electron chi connectivity index (χ2n) is 4.27. The number of nitrogens with zero attached hydrogens (tertiary/aromatic N) is 3. The first-order chi connectivity index (χ1) is 10.1. The third kappa shape index (κ3) is 2.80. The summed E-state index contributed by atoms with van der Waals surface area (Å²) in [6.07, 6.45) is 1.64. The number of hydrogen-bond donors (Lipinski definition) is 1. The smallest absolute Gasteiger partial charge is 0.339 e. The lowest BCUT2D eigenvalue weighted by Gasteiger charge is -2.02. The Labute approximate surface area is 124 Å². The van der Waals surface area contributed by atoms with Crippen molar-refractivity contribution in [3.8, 4) is 5.75 Å². The topological polar surface area (TPSA) is 76.7 Å². The van der Waals surface area contributed by atoms with Gasteiger partial charge < -0.3 is 9.84 Å². The second kappa shape index (κ2) is 5.41. The van der Waals surface area contributed by atoms with Crippen molar-refractivity contribution < 1.29 is 14.6 Å². The lowest BCUT2D eigenvalue weighted by atomic mass is 10.3. The summed E-state index contributed by atoms with van der Waals surface area (Å²) < 4.78 is 6.95. The van der Waals surface area contributed by atoms with Gasteiger partial charge in [0.15, 0.2) is 11.5 Å². The zero-order chi connectivity index (χ0) is 14.8. The van der Waals surface area contributed by atoms with E-state index in [1.807, 2.05) is 0 Å². The predicted molar refractivity (Wildman–Crippen MR) is 75.7 cm³/mol. The van der Waals surface area contributed by atoms with Crippen molar-refractivity contribution >= 4 is 23.2 Å². The van der Waals surface area contributed by atoms with E-state index in [0.717, 1.165) is 0 Å². The molecule has 6 nitrogen and oxygen atoms in total. The highest BCUT2D eigenvalue weighted by Gasteiger charge is 2.13. The van der Waals surface area contributed by atoms with Crippen molar-refractivity contribution in [2.75, 3.05) is 0 Å². The average Bonchev–Trinajstić information content (AvgIpc) is 2.89. The highest BCUT2D eigenvalue weighted by atomic mass is 35.5. The first-order valence-electron chi connectivity index (χ1n) is 6.09. The van der Waals surface area contributed by atoms with E-state index >= 15 is 0 Å². The maximum absolute atomic E-state index is 11.1. The SMILES string of the molecule is O=C(O)c1cccn2nc(COc3ccc(Cl)cc3)nc12. The van der Waals surface area contributed by atoms with Crippen molar-refractivity contribution in [3.63, 3.8) is 0 Å². The quantitative estimate of drug-likeness (QED) is 0.802. The number of aromatic nitrogens is 3. The zero-order valence-electron chi connectivity index (χ0n) is 10.7. The molecule has 106 valence electrons. The summed E-state index contributed by atoms with van der Waals surface area (Å²) in [6, 6.07) is 10.00. The molecule has 1 N–H and O–H groups in total. The summed E-state index contributed by atoms with van der Waals surface area (Å²) >= 11 is 5.79. The van der Waals surface area contributed by atoms with Crippen LogP contribution < -0.4 is 4.74 Å². The fourth-order valence-electron chi connectivity index (χ4n) is 1.86. The molecule has 0 unspecified atom stereocenters. The van der Waals surface area contributed by atoms with Gasteiger partial charge in [-0.1, -0.05) is 11.6 Å². The van der Waals surface area contributed by atoms with E-state index in [2.05, 4.69) is 10.1 Å². The molecule has 0 fully saturated rings. The summed E-state index contributed by atoms with van der Waals surface area (Å²) in [7, 11) is 0. The average molecular weight is 304 g/mol. The Kier molecular flexibility index (Phi) is 3.45. The third-order valence-corrected chi connectivity index (χ3v) is 3.07. The van der Waals surface area contributed by atoms with Crippen molar-refractivity contribution in [3.05, 3.63) is 59.0 Å². The number of carboxylic acids is 1. The standard InChI is InChI=1S/C14H10ClN3O3/c15-9-3-5-10(6-4-9)21-8-12-16-13-11(14(19)20)2-1-7-18(13)17-12/h1-7H,8H2,(H,19,20). The molecule has 0 amide bonds. The number of ether oxygens (including phenoxy) is 1. The second-order valence-corrected chi connectivity index (χ2v) is 4.70. The molecule has 3 rings (SSSR count). The van der Waals surface area contributed by atoms with Crippen LogP contribution in [-0.4, -0.2) is 25.7 Å². The molecule has 0 bridgehead atoms. The minimum absolute atomic E-state index is 0.0998. The monoisotopic (exact) mass is 303 g/mol. The van der Waals surface area contributed by atoms with Gasteiger partial charge in [0.05, 0.1) is 0 Å². The van der Waals surface area contributed by atoms with Gasteiger partial charge in [-0.15, -0.1) is 5.10 Å². The zero-order valence-corrected chi connectivity index (χ0v) is 11.5. The van der Waals surface area contributed by atoms with Gasteiger partial charge in [-0.2, -0.15) is 0 Å². The normalized spacial score (nSPS) is 10.7. The van der Waals surface area contributed by atoms with Crippen LogP contribution in [-0.2, 0) is 6.61 Å². The van der Waals surface area contributed by atoms with Crippen molar-refractivity contribution in [2.24, 2.45) is 0 Å². The minimum atomic E-state index is -1.04. The summed E-state index contributed by atoms with van der Waals surface area (Å²) in [5.41, 5.74) is 0.391. The van der Waals surface area contributed by atoms with Gasteiger partial charge in [-0.05, 0) is 36.4 Å². The number of hydrogen-bond acceptors (Lipinski definition) is 4. The van der Waals surface area contributed by atoms with Gasteiger partial charge >= 0.3 is 5.97 Å². The van der Waals surface area contributed by atoms with E-state index in [-0.39, 0.29) is 12.2 Å². The molecule has 0 aliphatic rings. The Morgan fingerprint density at radius 3 is 2.76 bits per heavy atom. The molecule has 0 saturated heterocycles. The number of benzene rings is 1. The van der Waals surface area contributed by atoms with Gasteiger partial charge in [0.1, 0.15) is 17.9 Å². The Morgan fingerprint density at radius 2 is 2.05 bits per heavy atom. The van der Waals surface area contributed by atoms with Crippen LogP contribution in [0.5, 0.6) is 5.75 Å². The van der Waals surface area contributed by atoms with Gasteiger partial charge in [0.2, 0.25) is 0 Å². The molecule has 0 radical (unpaired) electrons. The molecule has 3 aromatic rings. The molecule has 2 aromatic heterocycles. The number of halogens is 1. The number of rotatable bonds is 4. The van der Waals surface area contributed by atoms with Gasteiger partial charge in [-0.25, -0.2) is 14.3 Å². The molecule has 7 heteroatoms. The Hall–Kier alpha value is -2.60. The van der Waals surface area contributed by atoms with E-state index in [4.69, 9.17) is 21.4 Å². The van der Waals surface area contributed by atoms with Crippen LogP contribution in [0.1, 0.15) is 16.2 Å². The van der Waals surface area contributed by atoms with Gasteiger partial charge in [-0.3, -0.25) is 0 Å². The maximum atomic E-state index is 11.1.